The van der Waals surface area contributed by atoms with E-state index in [1.165, 1.54) is 6.92 Å². The second-order valence-electron chi connectivity index (χ2n) is 8.81. The number of ether oxygens (including phenoxy) is 1. The van der Waals surface area contributed by atoms with Gasteiger partial charge in [-0.15, -0.1) is 0 Å². The van der Waals surface area contributed by atoms with Gasteiger partial charge in [0.2, 0.25) is 11.8 Å². The summed E-state index contributed by atoms with van der Waals surface area (Å²) >= 11 is 0. The van der Waals surface area contributed by atoms with E-state index in [4.69, 9.17) is 21.9 Å². The number of esters is 1. The van der Waals surface area contributed by atoms with Crippen LogP contribution in [0.15, 0.2) is 89.9 Å². The minimum Gasteiger partial charge on any atom is -0.427 e. The third kappa shape index (κ3) is 7.92. The van der Waals surface area contributed by atoms with Crippen LogP contribution in [0.3, 0.4) is 0 Å². The summed E-state index contributed by atoms with van der Waals surface area (Å²) in [7, 11) is 0. The van der Waals surface area contributed by atoms with Crippen molar-refractivity contribution in [1.29, 1.82) is 0 Å². The van der Waals surface area contributed by atoms with Gasteiger partial charge in [0.05, 0.1) is 12.5 Å². The molecule has 0 bridgehead atoms. The highest BCUT2D eigenvalue weighted by molar-refractivity contribution is 5.88. The van der Waals surface area contributed by atoms with Crippen molar-refractivity contribution in [2.24, 2.45) is 22.2 Å². The minimum atomic E-state index is -0.914. The maximum Gasteiger partial charge on any atom is 0.308 e. The van der Waals surface area contributed by atoms with Crippen LogP contribution in [-0.4, -0.2) is 41.2 Å². The highest BCUT2D eigenvalue weighted by atomic mass is 16.5. The lowest BCUT2D eigenvalue weighted by molar-refractivity contribution is -0.141. The standard InChI is InChI=1S/C29H33N5O4/c1-20(35)38-24-16-14-21(15-17-24)19-26(36)34(25(28(30)37)13-8-18-33-29(31)32)27(22-9-4-2-5-10-22)23-11-6-3-7-12-23/h2-7,9-12,14-17,25,27H,8,13,18-19H2,1H3,(H2,30,37)(H4,31,32,33)/t25-/m1/s1. The Labute approximate surface area is 222 Å². The lowest BCUT2D eigenvalue weighted by Gasteiger charge is -2.38. The van der Waals surface area contributed by atoms with Crippen LogP contribution in [0.1, 0.15) is 42.5 Å². The van der Waals surface area contributed by atoms with Crippen molar-refractivity contribution in [2.75, 3.05) is 6.54 Å². The maximum absolute atomic E-state index is 14.0. The van der Waals surface area contributed by atoms with Gasteiger partial charge in [0.1, 0.15) is 11.8 Å². The van der Waals surface area contributed by atoms with Crippen LogP contribution in [-0.2, 0) is 20.8 Å². The number of rotatable bonds is 12. The maximum atomic E-state index is 14.0. The van der Waals surface area contributed by atoms with Crippen LogP contribution in [0, 0.1) is 0 Å². The predicted molar refractivity (Wildman–Crippen MR) is 146 cm³/mol. The second-order valence-corrected chi connectivity index (χ2v) is 8.81. The van der Waals surface area contributed by atoms with Crippen LogP contribution in [0.25, 0.3) is 0 Å². The largest absolute Gasteiger partial charge is 0.427 e. The van der Waals surface area contributed by atoms with Crippen LogP contribution in [0.2, 0.25) is 0 Å². The third-order valence-corrected chi connectivity index (χ3v) is 5.93. The smallest absolute Gasteiger partial charge is 0.308 e. The van der Waals surface area contributed by atoms with E-state index in [1.54, 1.807) is 29.2 Å². The first-order chi connectivity index (χ1) is 18.3. The fraction of sp³-hybridized carbons (Fsp3) is 0.241. The van der Waals surface area contributed by atoms with Crippen molar-refractivity contribution in [2.45, 2.75) is 38.3 Å². The molecule has 0 spiro atoms. The van der Waals surface area contributed by atoms with Gasteiger partial charge in [-0.25, -0.2) is 0 Å². The van der Waals surface area contributed by atoms with Gasteiger partial charge in [-0.3, -0.25) is 19.4 Å². The molecule has 6 N–H and O–H groups in total. The Bertz CT molecular complexity index is 1200. The second kappa shape index (κ2) is 13.6. The van der Waals surface area contributed by atoms with Gasteiger partial charge >= 0.3 is 5.97 Å². The summed E-state index contributed by atoms with van der Waals surface area (Å²) in [6.45, 7) is 1.62. The molecule has 0 saturated carbocycles. The van der Waals surface area contributed by atoms with E-state index in [9.17, 15) is 14.4 Å². The molecule has 198 valence electrons. The first kappa shape index (κ1) is 27.9. The molecule has 38 heavy (non-hydrogen) atoms. The number of carbonyl (C=O) groups excluding carboxylic acids is 3. The molecular weight excluding hydrogens is 482 g/mol. The molecule has 3 rings (SSSR count). The Morgan fingerprint density at radius 2 is 1.39 bits per heavy atom. The Kier molecular flexibility index (Phi) is 9.99. The van der Waals surface area contributed by atoms with E-state index >= 15 is 0 Å². The normalized spacial score (nSPS) is 11.4. The van der Waals surface area contributed by atoms with Gasteiger partial charge in [-0.1, -0.05) is 72.8 Å². The van der Waals surface area contributed by atoms with Gasteiger partial charge in [-0.2, -0.15) is 0 Å². The molecular formula is C29H33N5O4. The molecule has 0 aliphatic carbocycles. The van der Waals surface area contributed by atoms with E-state index in [0.717, 1.165) is 11.1 Å². The predicted octanol–water partition coefficient (Wildman–Crippen LogP) is 2.68. The molecule has 0 saturated heterocycles. The highest BCUT2D eigenvalue weighted by Gasteiger charge is 2.35. The van der Waals surface area contributed by atoms with Gasteiger partial charge in [0, 0.05) is 13.5 Å². The fourth-order valence-corrected chi connectivity index (χ4v) is 4.30. The monoisotopic (exact) mass is 515 g/mol. The topological polar surface area (TPSA) is 154 Å². The molecule has 0 aromatic heterocycles. The first-order valence-corrected chi connectivity index (χ1v) is 12.3. The molecule has 0 radical (unpaired) electrons. The highest BCUT2D eigenvalue weighted by Crippen LogP contribution is 2.32. The Morgan fingerprint density at radius 1 is 0.842 bits per heavy atom. The number of benzene rings is 3. The molecule has 0 aliphatic rings. The van der Waals surface area contributed by atoms with Crippen molar-refractivity contribution >= 4 is 23.7 Å². The van der Waals surface area contributed by atoms with Crippen molar-refractivity contribution in [3.63, 3.8) is 0 Å². The average molecular weight is 516 g/mol. The van der Waals surface area contributed by atoms with Gasteiger partial charge in [0.15, 0.2) is 5.96 Å². The van der Waals surface area contributed by atoms with Crippen molar-refractivity contribution < 1.29 is 19.1 Å². The minimum absolute atomic E-state index is 0.00813. The van der Waals surface area contributed by atoms with E-state index in [0.29, 0.717) is 24.3 Å². The first-order valence-electron chi connectivity index (χ1n) is 12.3. The SMILES string of the molecule is CC(=O)Oc1ccc(CC(=O)N(C(c2ccccc2)c2ccccc2)[C@H](CCCN=C(N)N)C(N)=O)cc1. The summed E-state index contributed by atoms with van der Waals surface area (Å²) in [5.41, 5.74) is 19.2. The average Bonchev–Trinajstić information content (AvgIpc) is 2.89. The zero-order chi connectivity index (χ0) is 27.5. The molecule has 0 aliphatic heterocycles. The molecule has 2 amide bonds. The number of hydrogen-bond donors (Lipinski definition) is 3. The van der Waals surface area contributed by atoms with E-state index in [-0.39, 0.29) is 24.7 Å². The van der Waals surface area contributed by atoms with Gasteiger partial charge < -0.3 is 26.8 Å². The van der Waals surface area contributed by atoms with E-state index in [1.807, 2.05) is 60.7 Å². The summed E-state index contributed by atoms with van der Waals surface area (Å²) in [5.74, 6) is -0.999. The van der Waals surface area contributed by atoms with E-state index in [2.05, 4.69) is 4.99 Å². The number of aliphatic imine (C=N–C) groups is 1. The van der Waals surface area contributed by atoms with Gasteiger partial charge in [-0.05, 0) is 41.7 Å². The fourth-order valence-electron chi connectivity index (χ4n) is 4.30. The number of primary amides is 1. The number of nitrogens with two attached hydrogens (primary N) is 3. The molecule has 3 aromatic carbocycles. The molecule has 0 unspecified atom stereocenters. The molecule has 0 fully saturated rings. The van der Waals surface area contributed by atoms with Crippen LogP contribution in [0.4, 0.5) is 0 Å². The Hall–Kier alpha value is -4.66. The van der Waals surface area contributed by atoms with Crippen LogP contribution >= 0.6 is 0 Å². The van der Waals surface area contributed by atoms with Crippen molar-refractivity contribution in [1.82, 2.24) is 4.90 Å². The summed E-state index contributed by atoms with van der Waals surface area (Å²) in [5, 5.41) is 0. The lowest BCUT2D eigenvalue weighted by atomic mass is 9.93. The Balaban J connectivity index is 2.02. The zero-order valence-electron chi connectivity index (χ0n) is 21.3. The van der Waals surface area contributed by atoms with Crippen LogP contribution in [0.5, 0.6) is 5.75 Å². The number of guanidine groups is 1. The number of hydrogen-bond acceptors (Lipinski definition) is 5. The van der Waals surface area contributed by atoms with Gasteiger partial charge in [0.25, 0.3) is 0 Å². The summed E-state index contributed by atoms with van der Waals surface area (Å²) < 4.78 is 5.09. The summed E-state index contributed by atoms with van der Waals surface area (Å²) in [6.07, 6.45) is 0.732. The molecule has 9 nitrogen and oxygen atoms in total. The van der Waals surface area contributed by atoms with E-state index < -0.39 is 24.0 Å². The Morgan fingerprint density at radius 3 is 1.87 bits per heavy atom. The number of amides is 2. The van der Waals surface area contributed by atoms with Crippen molar-refractivity contribution in [3.8, 4) is 5.75 Å². The molecule has 3 aromatic rings. The van der Waals surface area contributed by atoms with Crippen LogP contribution < -0.4 is 21.9 Å². The molecule has 0 heterocycles. The summed E-state index contributed by atoms with van der Waals surface area (Å²) in [6, 6.07) is 24.2. The number of carbonyl (C=O) groups is 3. The molecule has 9 heteroatoms. The lowest BCUT2D eigenvalue weighted by Crippen LogP contribution is -2.50. The zero-order valence-corrected chi connectivity index (χ0v) is 21.3. The summed E-state index contributed by atoms with van der Waals surface area (Å²) in [4.78, 5) is 43.7. The van der Waals surface area contributed by atoms with Crippen molar-refractivity contribution in [3.05, 3.63) is 102 Å². The quantitative estimate of drug-likeness (QED) is 0.111. The molecule has 1 atom stereocenters. The number of nitrogens with zero attached hydrogens (tertiary/aromatic N) is 2. The third-order valence-electron chi connectivity index (χ3n) is 5.93.